The minimum atomic E-state index is 0.494. The lowest BCUT2D eigenvalue weighted by Gasteiger charge is -2.27. The van der Waals surface area contributed by atoms with Crippen LogP contribution in [0.15, 0.2) is 18.2 Å². The number of ether oxygens (including phenoxy) is 1. The molecule has 2 nitrogen and oxygen atoms in total. The molecule has 0 saturated carbocycles. The second-order valence-electron chi connectivity index (χ2n) is 5.02. The summed E-state index contributed by atoms with van der Waals surface area (Å²) < 4.78 is 5.52. The molecule has 92 valence electrons. The summed E-state index contributed by atoms with van der Waals surface area (Å²) in [6.45, 7) is 1.79. The first-order valence-electron chi connectivity index (χ1n) is 6.45. The fraction of sp³-hybridized carbons (Fsp3) is 0.571. The molecule has 1 aromatic rings. The van der Waals surface area contributed by atoms with E-state index in [0.717, 1.165) is 24.7 Å². The van der Waals surface area contributed by atoms with Gasteiger partial charge in [-0.2, -0.15) is 0 Å². The molecule has 1 saturated heterocycles. The quantitative estimate of drug-likeness (QED) is 0.872. The largest absolute Gasteiger partial charge is 0.380 e. The molecule has 2 aliphatic rings. The van der Waals surface area contributed by atoms with Gasteiger partial charge in [-0.1, -0.05) is 17.7 Å². The number of hydrogen-bond donors (Lipinski definition) is 1. The van der Waals surface area contributed by atoms with E-state index in [-0.39, 0.29) is 0 Å². The molecule has 3 rings (SSSR count). The van der Waals surface area contributed by atoms with Gasteiger partial charge in [0.2, 0.25) is 0 Å². The average molecular weight is 252 g/mol. The molecule has 0 radical (unpaired) electrons. The van der Waals surface area contributed by atoms with Crippen LogP contribution in [-0.4, -0.2) is 19.3 Å². The molecule has 0 aromatic heterocycles. The van der Waals surface area contributed by atoms with E-state index in [1.165, 1.54) is 30.4 Å². The molecule has 2 unspecified atom stereocenters. The second kappa shape index (κ2) is 4.97. The van der Waals surface area contributed by atoms with E-state index in [2.05, 4.69) is 17.4 Å². The van der Waals surface area contributed by atoms with Crippen LogP contribution in [0.25, 0.3) is 0 Å². The van der Waals surface area contributed by atoms with Gasteiger partial charge in [0.05, 0.1) is 6.61 Å². The zero-order valence-electron chi connectivity index (χ0n) is 9.92. The maximum Gasteiger partial charge on any atom is 0.0619 e. The summed E-state index contributed by atoms with van der Waals surface area (Å²) in [6, 6.07) is 7.30. The monoisotopic (exact) mass is 251 g/mol. The number of rotatable bonds is 2. The Morgan fingerprint density at radius 1 is 1.29 bits per heavy atom. The zero-order valence-corrected chi connectivity index (χ0v) is 10.7. The molecule has 1 N–H and O–H groups in total. The van der Waals surface area contributed by atoms with Crippen molar-refractivity contribution in [1.29, 1.82) is 0 Å². The third-order valence-electron chi connectivity index (χ3n) is 3.78. The first kappa shape index (κ1) is 11.5. The van der Waals surface area contributed by atoms with E-state index < -0.39 is 0 Å². The van der Waals surface area contributed by atoms with Gasteiger partial charge in [-0.15, -0.1) is 0 Å². The van der Waals surface area contributed by atoms with Crippen molar-refractivity contribution in [2.45, 2.75) is 37.8 Å². The number of halogens is 1. The van der Waals surface area contributed by atoms with Crippen molar-refractivity contribution >= 4 is 11.6 Å². The van der Waals surface area contributed by atoms with Crippen LogP contribution >= 0.6 is 11.6 Å². The highest BCUT2D eigenvalue weighted by Crippen LogP contribution is 2.33. The van der Waals surface area contributed by atoms with Gasteiger partial charge >= 0.3 is 0 Å². The number of fused-ring (bicyclic) bond motifs is 1. The summed E-state index contributed by atoms with van der Waals surface area (Å²) in [6.07, 6.45) is 4.74. The molecule has 0 bridgehead atoms. The minimum absolute atomic E-state index is 0.494. The van der Waals surface area contributed by atoms with Crippen molar-refractivity contribution in [2.24, 2.45) is 0 Å². The van der Waals surface area contributed by atoms with Crippen LogP contribution in [0.4, 0.5) is 0 Å². The Hall–Kier alpha value is -0.570. The molecule has 2 atom stereocenters. The smallest absolute Gasteiger partial charge is 0.0619 e. The van der Waals surface area contributed by atoms with Gasteiger partial charge < -0.3 is 10.1 Å². The fourth-order valence-corrected chi connectivity index (χ4v) is 3.11. The van der Waals surface area contributed by atoms with Gasteiger partial charge in [0.1, 0.15) is 0 Å². The highest BCUT2D eigenvalue weighted by molar-refractivity contribution is 6.30. The number of nitrogens with one attached hydrogen (secondary N) is 1. The molecule has 0 amide bonds. The minimum Gasteiger partial charge on any atom is -0.380 e. The fourth-order valence-electron chi connectivity index (χ4n) is 2.92. The predicted octanol–water partition coefficient (Wildman–Crippen LogP) is 3.10. The van der Waals surface area contributed by atoms with Crippen molar-refractivity contribution in [2.75, 3.05) is 13.2 Å². The lowest BCUT2D eigenvalue weighted by molar-refractivity contribution is 0.0663. The summed E-state index contributed by atoms with van der Waals surface area (Å²) in [7, 11) is 0. The van der Waals surface area contributed by atoms with Crippen LogP contribution in [0.3, 0.4) is 0 Å². The van der Waals surface area contributed by atoms with Crippen LogP contribution < -0.4 is 5.32 Å². The van der Waals surface area contributed by atoms with E-state index in [1.54, 1.807) is 0 Å². The van der Waals surface area contributed by atoms with Crippen molar-refractivity contribution in [3.63, 3.8) is 0 Å². The summed E-state index contributed by atoms with van der Waals surface area (Å²) in [4.78, 5) is 0. The molecule has 3 heteroatoms. The number of aryl methyl sites for hydroxylation is 1. The molecule has 0 spiro atoms. The Balaban J connectivity index is 1.70. The van der Waals surface area contributed by atoms with Gasteiger partial charge in [-0.05, 0) is 48.9 Å². The van der Waals surface area contributed by atoms with Crippen LogP contribution in [0.5, 0.6) is 0 Å². The lowest BCUT2D eigenvalue weighted by Crippen LogP contribution is -2.38. The summed E-state index contributed by atoms with van der Waals surface area (Å²) in [5.41, 5.74) is 2.84. The zero-order chi connectivity index (χ0) is 11.7. The lowest BCUT2D eigenvalue weighted by atomic mass is 10.1. The third-order valence-corrected chi connectivity index (χ3v) is 4.02. The maximum absolute atomic E-state index is 6.02. The van der Waals surface area contributed by atoms with Gasteiger partial charge in [-0.3, -0.25) is 0 Å². The number of benzene rings is 1. The highest BCUT2D eigenvalue weighted by atomic mass is 35.5. The van der Waals surface area contributed by atoms with Crippen LogP contribution in [0.1, 0.15) is 36.4 Å². The van der Waals surface area contributed by atoms with Crippen molar-refractivity contribution in [1.82, 2.24) is 5.32 Å². The predicted molar refractivity (Wildman–Crippen MR) is 69.5 cm³/mol. The normalized spacial score (nSPS) is 28.1. The molecule has 1 aromatic carbocycles. The standard InChI is InChI=1S/C14H18ClNO/c15-11-4-5-13-10(8-11)3-6-14(13)16-12-2-1-7-17-9-12/h4-5,8,12,14,16H,1-3,6-7,9H2. The first-order chi connectivity index (χ1) is 8.33. The van der Waals surface area contributed by atoms with E-state index in [1.807, 2.05) is 6.07 Å². The number of hydrogen-bond acceptors (Lipinski definition) is 2. The van der Waals surface area contributed by atoms with E-state index in [0.29, 0.717) is 12.1 Å². The molecule has 1 aliphatic carbocycles. The summed E-state index contributed by atoms with van der Waals surface area (Å²) in [5, 5.41) is 4.58. The van der Waals surface area contributed by atoms with Crippen molar-refractivity contribution in [3.8, 4) is 0 Å². The molecular formula is C14H18ClNO. The summed E-state index contributed by atoms with van der Waals surface area (Å²) in [5.74, 6) is 0. The molecule has 1 heterocycles. The Labute approximate surface area is 107 Å². The van der Waals surface area contributed by atoms with Gasteiger partial charge in [0.15, 0.2) is 0 Å². The second-order valence-corrected chi connectivity index (χ2v) is 5.45. The average Bonchev–Trinajstić information content (AvgIpc) is 2.73. The third kappa shape index (κ3) is 2.49. The molecule has 1 aliphatic heterocycles. The van der Waals surface area contributed by atoms with Crippen molar-refractivity contribution < 1.29 is 4.74 Å². The molecule has 17 heavy (non-hydrogen) atoms. The highest BCUT2D eigenvalue weighted by Gasteiger charge is 2.25. The SMILES string of the molecule is Clc1ccc2c(c1)CCC2NC1CCCOC1. The Morgan fingerprint density at radius 3 is 3.06 bits per heavy atom. The summed E-state index contributed by atoms with van der Waals surface area (Å²) >= 11 is 6.02. The van der Waals surface area contributed by atoms with E-state index in [4.69, 9.17) is 16.3 Å². The van der Waals surface area contributed by atoms with Crippen LogP contribution in [-0.2, 0) is 11.2 Å². The Bertz CT molecular complexity index is 401. The van der Waals surface area contributed by atoms with E-state index >= 15 is 0 Å². The first-order valence-corrected chi connectivity index (χ1v) is 6.83. The van der Waals surface area contributed by atoms with Crippen LogP contribution in [0.2, 0.25) is 5.02 Å². The van der Waals surface area contributed by atoms with Gasteiger partial charge in [0.25, 0.3) is 0 Å². The maximum atomic E-state index is 6.02. The Morgan fingerprint density at radius 2 is 2.24 bits per heavy atom. The van der Waals surface area contributed by atoms with Gasteiger partial charge in [-0.25, -0.2) is 0 Å². The van der Waals surface area contributed by atoms with E-state index in [9.17, 15) is 0 Å². The van der Waals surface area contributed by atoms with Crippen LogP contribution in [0, 0.1) is 0 Å². The molecule has 1 fully saturated rings. The Kier molecular flexibility index (Phi) is 3.37. The topological polar surface area (TPSA) is 21.3 Å². The molecular weight excluding hydrogens is 234 g/mol. The van der Waals surface area contributed by atoms with Crippen molar-refractivity contribution in [3.05, 3.63) is 34.3 Å². The van der Waals surface area contributed by atoms with Gasteiger partial charge in [0, 0.05) is 23.7 Å².